The van der Waals surface area contributed by atoms with Crippen LogP contribution in [0.25, 0.3) is 0 Å². The van der Waals surface area contributed by atoms with Gasteiger partial charge in [-0.15, -0.1) is 0 Å². The third kappa shape index (κ3) is 1.24. The monoisotopic (exact) mass is 240 g/mol. The molecule has 18 heavy (non-hydrogen) atoms. The number of phenolic OH excluding ortho intramolecular Hbond substituents is 1. The van der Waals surface area contributed by atoms with E-state index >= 15 is 0 Å². The molecule has 3 nitrogen and oxygen atoms in total. The van der Waals surface area contributed by atoms with Gasteiger partial charge in [-0.05, 0) is 18.2 Å². The Labute approximate surface area is 105 Å². The standard InChI is InChI=1S/C15H12O3/c16-9-5-6-11-14(7-9)17-8-12-10-3-1-2-4-13(10)18-15(11)12/h1-7,12,15-16H,8H2. The minimum atomic E-state index is 0.00625. The molecule has 1 N–H and O–H groups in total. The number of hydrogen-bond acceptors (Lipinski definition) is 3. The summed E-state index contributed by atoms with van der Waals surface area (Å²) in [6.45, 7) is 0.595. The van der Waals surface area contributed by atoms with E-state index in [2.05, 4.69) is 6.07 Å². The van der Waals surface area contributed by atoms with Crippen LogP contribution in [0, 0.1) is 0 Å². The number of fused-ring (bicyclic) bond motifs is 5. The van der Waals surface area contributed by atoms with E-state index in [1.165, 1.54) is 5.56 Å². The third-order valence-corrected chi connectivity index (χ3v) is 3.66. The fraction of sp³-hybridized carbons (Fsp3) is 0.200. The van der Waals surface area contributed by atoms with Crippen LogP contribution in [0.4, 0.5) is 0 Å². The van der Waals surface area contributed by atoms with Gasteiger partial charge in [0.15, 0.2) is 0 Å². The van der Waals surface area contributed by atoms with Gasteiger partial charge >= 0.3 is 0 Å². The summed E-state index contributed by atoms with van der Waals surface area (Å²) in [6.07, 6.45) is 0.00625. The first kappa shape index (κ1) is 9.83. The lowest BCUT2D eigenvalue weighted by Gasteiger charge is -2.27. The Hall–Kier alpha value is -2.16. The first-order valence-corrected chi connectivity index (χ1v) is 6.04. The highest BCUT2D eigenvalue weighted by atomic mass is 16.5. The normalized spacial score (nSPS) is 23.3. The van der Waals surface area contributed by atoms with Crippen molar-refractivity contribution in [3.63, 3.8) is 0 Å². The van der Waals surface area contributed by atoms with Crippen molar-refractivity contribution in [3.05, 3.63) is 53.6 Å². The molecule has 2 unspecified atom stereocenters. The van der Waals surface area contributed by atoms with Gasteiger partial charge < -0.3 is 14.6 Å². The molecule has 0 saturated carbocycles. The second-order valence-electron chi connectivity index (χ2n) is 4.72. The molecule has 2 aromatic carbocycles. The Morgan fingerprint density at radius 1 is 1.00 bits per heavy atom. The first-order valence-electron chi connectivity index (χ1n) is 6.04. The largest absolute Gasteiger partial charge is 0.508 e. The molecule has 2 heterocycles. The minimum absolute atomic E-state index is 0.00625. The minimum Gasteiger partial charge on any atom is -0.508 e. The number of aromatic hydroxyl groups is 1. The van der Waals surface area contributed by atoms with Crippen molar-refractivity contribution in [3.8, 4) is 17.2 Å². The molecule has 90 valence electrons. The van der Waals surface area contributed by atoms with Gasteiger partial charge in [-0.25, -0.2) is 0 Å². The van der Waals surface area contributed by atoms with Crippen molar-refractivity contribution in [2.24, 2.45) is 0 Å². The number of hydrogen-bond donors (Lipinski definition) is 1. The SMILES string of the molecule is Oc1ccc2c(c1)OCC1c3ccccc3OC21. The summed E-state index contributed by atoms with van der Waals surface area (Å²) in [5.74, 6) is 2.14. The summed E-state index contributed by atoms with van der Waals surface area (Å²) in [5, 5.41) is 9.48. The average molecular weight is 240 g/mol. The first-order chi connectivity index (χ1) is 8.83. The molecule has 2 aromatic rings. The van der Waals surface area contributed by atoms with E-state index in [4.69, 9.17) is 9.47 Å². The molecule has 0 bridgehead atoms. The summed E-state index contributed by atoms with van der Waals surface area (Å²) in [6, 6.07) is 13.3. The van der Waals surface area contributed by atoms with Crippen LogP contribution in [0.2, 0.25) is 0 Å². The Morgan fingerprint density at radius 2 is 1.89 bits per heavy atom. The summed E-state index contributed by atoms with van der Waals surface area (Å²) < 4.78 is 11.8. The molecular formula is C15H12O3. The molecule has 0 spiro atoms. The zero-order valence-corrected chi connectivity index (χ0v) is 9.67. The fourth-order valence-electron chi connectivity index (χ4n) is 2.80. The fourth-order valence-corrected chi connectivity index (χ4v) is 2.80. The van der Waals surface area contributed by atoms with Crippen molar-refractivity contribution >= 4 is 0 Å². The summed E-state index contributed by atoms with van der Waals surface area (Å²) in [4.78, 5) is 0. The van der Waals surface area contributed by atoms with E-state index in [0.717, 1.165) is 17.1 Å². The van der Waals surface area contributed by atoms with Crippen LogP contribution in [0.3, 0.4) is 0 Å². The number of phenols is 1. The zero-order chi connectivity index (χ0) is 12.1. The molecular weight excluding hydrogens is 228 g/mol. The molecule has 2 aliphatic rings. The maximum absolute atomic E-state index is 9.48. The molecule has 0 fully saturated rings. The molecule has 0 radical (unpaired) electrons. The predicted molar refractivity (Wildman–Crippen MR) is 66.2 cm³/mol. The number of ether oxygens (including phenoxy) is 2. The third-order valence-electron chi connectivity index (χ3n) is 3.66. The van der Waals surface area contributed by atoms with E-state index < -0.39 is 0 Å². The molecule has 0 amide bonds. The summed E-state index contributed by atoms with van der Waals surface area (Å²) in [5.41, 5.74) is 2.22. The molecule has 0 saturated heterocycles. The zero-order valence-electron chi connectivity index (χ0n) is 9.67. The summed E-state index contributed by atoms with van der Waals surface area (Å²) >= 11 is 0. The van der Waals surface area contributed by atoms with E-state index in [1.54, 1.807) is 12.1 Å². The quantitative estimate of drug-likeness (QED) is 0.769. The van der Waals surface area contributed by atoms with Crippen LogP contribution in [0.1, 0.15) is 23.1 Å². The lowest BCUT2D eigenvalue weighted by Crippen LogP contribution is -2.22. The summed E-state index contributed by atoms with van der Waals surface area (Å²) in [7, 11) is 0. The molecule has 0 aliphatic carbocycles. The van der Waals surface area contributed by atoms with E-state index in [9.17, 15) is 5.11 Å². The van der Waals surface area contributed by atoms with Crippen LogP contribution in [0.5, 0.6) is 17.2 Å². The predicted octanol–water partition coefficient (Wildman–Crippen LogP) is 3.00. The van der Waals surface area contributed by atoms with Gasteiger partial charge in [0, 0.05) is 17.2 Å². The van der Waals surface area contributed by atoms with Gasteiger partial charge in [-0.3, -0.25) is 0 Å². The Morgan fingerprint density at radius 3 is 2.83 bits per heavy atom. The van der Waals surface area contributed by atoms with Crippen molar-refractivity contribution in [1.29, 1.82) is 0 Å². The molecule has 2 aliphatic heterocycles. The van der Waals surface area contributed by atoms with Crippen LogP contribution >= 0.6 is 0 Å². The van der Waals surface area contributed by atoms with Crippen molar-refractivity contribution < 1.29 is 14.6 Å². The number of rotatable bonds is 0. The van der Waals surface area contributed by atoms with E-state index in [-0.39, 0.29) is 17.8 Å². The lowest BCUT2D eigenvalue weighted by atomic mass is 9.89. The Balaban J connectivity index is 1.83. The molecule has 3 heteroatoms. The van der Waals surface area contributed by atoms with Gasteiger partial charge in [0.05, 0.1) is 12.5 Å². The highest BCUT2D eigenvalue weighted by Crippen LogP contribution is 2.51. The second kappa shape index (κ2) is 3.42. The molecule has 4 rings (SSSR count). The highest BCUT2D eigenvalue weighted by Gasteiger charge is 2.40. The van der Waals surface area contributed by atoms with E-state index in [1.807, 2.05) is 24.3 Å². The molecule has 2 atom stereocenters. The molecule has 0 aromatic heterocycles. The van der Waals surface area contributed by atoms with Gasteiger partial charge in [0.25, 0.3) is 0 Å². The topological polar surface area (TPSA) is 38.7 Å². The van der Waals surface area contributed by atoms with Crippen molar-refractivity contribution in [2.75, 3.05) is 6.61 Å². The maximum Gasteiger partial charge on any atom is 0.138 e. The Kier molecular flexibility index (Phi) is 1.87. The van der Waals surface area contributed by atoms with Gasteiger partial charge in [-0.1, -0.05) is 18.2 Å². The Bertz CT molecular complexity index is 621. The average Bonchev–Trinajstić information content (AvgIpc) is 2.77. The van der Waals surface area contributed by atoms with Crippen molar-refractivity contribution in [2.45, 2.75) is 12.0 Å². The smallest absolute Gasteiger partial charge is 0.138 e. The van der Waals surface area contributed by atoms with E-state index in [0.29, 0.717) is 6.61 Å². The van der Waals surface area contributed by atoms with Gasteiger partial charge in [0.1, 0.15) is 23.4 Å². The van der Waals surface area contributed by atoms with Crippen LogP contribution in [-0.2, 0) is 0 Å². The van der Waals surface area contributed by atoms with Gasteiger partial charge in [0.2, 0.25) is 0 Å². The number of benzene rings is 2. The maximum atomic E-state index is 9.48. The van der Waals surface area contributed by atoms with Crippen LogP contribution in [0.15, 0.2) is 42.5 Å². The highest BCUT2D eigenvalue weighted by molar-refractivity contribution is 5.50. The second-order valence-corrected chi connectivity index (χ2v) is 4.72. The van der Waals surface area contributed by atoms with Gasteiger partial charge in [-0.2, -0.15) is 0 Å². The lowest BCUT2D eigenvalue weighted by molar-refractivity contribution is 0.139. The number of para-hydroxylation sites is 1. The van der Waals surface area contributed by atoms with Crippen LogP contribution in [-0.4, -0.2) is 11.7 Å². The van der Waals surface area contributed by atoms with Crippen LogP contribution < -0.4 is 9.47 Å². The van der Waals surface area contributed by atoms with Crippen molar-refractivity contribution in [1.82, 2.24) is 0 Å².